The summed E-state index contributed by atoms with van der Waals surface area (Å²) in [5, 5.41) is 8.02. The molecule has 0 saturated heterocycles. The monoisotopic (exact) mass is 696 g/mol. The van der Waals surface area contributed by atoms with Gasteiger partial charge >= 0.3 is 6.18 Å². The minimum Gasteiger partial charge on any atom is -0.380 e. The predicted octanol–water partition coefficient (Wildman–Crippen LogP) is 6.53. The molecule has 44 heavy (non-hydrogen) atoms. The molecule has 0 saturated carbocycles. The lowest BCUT2D eigenvalue weighted by atomic mass is 10.1. The number of nitrogens with one attached hydrogen (secondary N) is 1. The van der Waals surface area contributed by atoms with Crippen LogP contribution < -0.4 is 16.4 Å². The van der Waals surface area contributed by atoms with Gasteiger partial charge in [0, 0.05) is 45.9 Å². The van der Waals surface area contributed by atoms with Crippen LogP contribution in [0.15, 0.2) is 57.0 Å². The van der Waals surface area contributed by atoms with Crippen molar-refractivity contribution in [1.29, 1.82) is 0 Å². The number of nitrogens with zero attached hydrogens (tertiary/aromatic N) is 5. The van der Waals surface area contributed by atoms with E-state index in [9.17, 15) is 27.2 Å². The van der Waals surface area contributed by atoms with Gasteiger partial charge < -0.3 is 14.6 Å². The molecule has 1 N–H and O–H groups in total. The second-order valence-electron chi connectivity index (χ2n) is 11.7. The quantitative estimate of drug-likeness (QED) is 0.102. The van der Waals surface area contributed by atoms with Crippen LogP contribution in [0.4, 0.5) is 23.2 Å². The standard InChI is InChI=1S/C29H33BrF4N6O3Si/c1-18(38-24-16-37-40(28(42)25(24)30)17-43-10-11-44(2,3)4)6-5-8-39-9-7-19-12-22(23(31)13-21(19)27(39)41)26-35-14-20(15-36-26)29(32,33)34/h7,9,12-16,18,38H,5-6,8,10-11,17H2,1-4H3. The van der Waals surface area contributed by atoms with Crippen molar-refractivity contribution in [3.63, 3.8) is 0 Å². The molecule has 4 aromatic rings. The van der Waals surface area contributed by atoms with Crippen LogP contribution in [0, 0.1) is 5.82 Å². The average Bonchev–Trinajstić information content (AvgIpc) is 2.95. The summed E-state index contributed by atoms with van der Waals surface area (Å²) in [4.78, 5) is 33.1. The molecule has 0 bridgehead atoms. The molecule has 0 spiro atoms. The van der Waals surface area contributed by atoms with Crippen LogP contribution in [0.2, 0.25) is 25.7 Å². The van der Waals surface area contributed by atoms with E-state index in [1.54, 1.807) is 18.5 Å². The highest BCUT2D eigenvalue weighted by molar-refractivity contribution is 9.10. The van der Waals surface area contributed by atoms with E-state index in [4.69, 9.17) is 4.74 Å². The summed E-state index contributed by atoms with van der Waals surface area (Å²) in [6.07, 6.45) is 0.981. The van der Waals surface area contributed by atoms with Gasteiger partial charge in [-0.1, -0.05) is 19.6 Å². The van der Waals surface area contributed by atoms with Crippen LogP contribution in [0.1, 0.15) is 25.3 Å². The van der Waals surface area contributed by atoms with Crippen LogP contribution in [-0.2, 0) is 24.2 Å². The number of fused-ring (bicyclic) bond motifs is 1. The van der Waals surface area contributed by atoms with E-state index in [0.717, 1.165) is 12.1 Å². The van der Waals surface area contributed by atoms with E-state index in [2.05, 4.69) is 56.0 Å². The Morgan fingerprint density at radius 1 is 1.09 bits per heavy atom. The van der Waals surface area contributed by atoms with E-state index in [1.807, 2.05) is 6.92 Å². The summed E-state index contributed by atoms with van der Waals surface area (Å²) in [5.41, 5.74) is -1.30. The SMILES string of the molecule is CC(CCCn1ccc2cc(-c3ncc(C(F)(F)F)cn3)c(F)cc2c1=O)Nc1cnn(COCC[Si](C)(C)C)c(=O)c1Br. The van der Waals surface area contributed by atoms with E-state index >= 15 is 0 Å². The van der Waals surface area contributed by atoms with Gasteiger partial charge in [-0.25, -0.2) is 19.0 Å². The molecule has 3 heterocycles. The first-order valence-electron chi connectivity index (χ1n) is 14.0. The molecule has 3 aromatic heterocycles. The molecule has 0 amide bonds. The topological polar surface area (TPSA) is 104 Å². The third-order valence-electron chi connectivity index (χ3n) is 6.92. The van der Waals surface area contributed by atoms with Crippen LogP contribution in [0.5, 0.6) is 0 Å². The van der Waals surface area contributed by atoms with Crippen molar-refractivity contribution in [1.82, 2.24) is 24.3 Å². The number of anilines is 1. The Kier molecular flexibility index (Phi) is 10.4. The third-order valence-corrected chi connectivity index (χ3v) is 9.39. The second kappa shape index (κ2) is 13.7. The summed E-state index contributed by atoms with van der Waals surface area (Å²) < 4.78 is 62.1. The smallest absolute Gasteiger partial charge is 0.380 e. The van der Waals surface area contributed by atoms with E-state index in [-0.39, 0.29) is 35.1 Å². The van der Waals surface area contributed by atoms with Gasteiger partial charge in [-0.05, 0) is 65.3 Å². The van der Waals surface area contributed by atoms with Crippen LogP contribution >= 0.6 is 15.9 Å². The fourth-order valence-corrected chi connectivity index (χ4v) is 5.54. The normalized spacial score (nSPS) is 12.9. The molecular weight excluding hydrogens is 664 g/mol. The van der Waals surface area contributed by atoms with E-state index in [1.165, 1.54) is 15.3 Å². The maximum Gasteiger partial charge on any atom is 0.419 e. The zero-order valence-corrected chi connectivity index (χ0v) is 27.3. The van der Waals surface area contributed by atoms with Crippen molar-refractivity contribution >= 4 is 40.5 Å². The van der Waals surface area contributed by atoms with Crippen molar-refractivity contribution in [2.75, 3.05) is 11.9 Å². The maximum absolute atomic E-state index is 14.9. The molecule has 0 fully saturated rings. The Labute approximate surface area is 260 Å². The lowest BCUT2D eigenvalue weighted by molar-refractivity contribution is -0.138. The molecule has 9 nitrogen and oxygen atoms in total. The number of hydrogen-bond donors (Lipinski definition) is 1. The van der Waals surface area contributed by atoms with Crippen molar-refractivity contribution in [3.8, 4) is 11.4 Å². The zero-order chi connectivity index (χ0) is 32.2. The largest absolute Gasteiger partial charge is 0.419 e. The molecule has 1 aromatic carbocycles. The Hall–Kier alpha value is -3.43. The number of benzene rings is 1. The van der Waals surface area contributed by atoms with Crippen molar-refractivity contribution in [2.24, 2.45) is 0 Å². The summed E-state index contributed by atoms with van der Waals surface area (Å²) in [6, 6.07) is 4.97. The number of ether oxygens (including phenoxy) is 1. The molecule has 1 atom stereocenters. The highest BCUT2D eigenvalue weighted by atomic mass is 79.9. The fraction of sp³-hybridized carbons (Fsp3) is 0.414. The van der Waals surface area contributed by atoms with Gasteiger partial charge in [0.25, 0.3) is 11.1 Å². The summed E-state index contributed by atoms with van der Waals surface area (Å²) in [6.45, 7) is 9.72. The first-order valence-corrected chi connectivity index (χ1v) is 18.5. The summed E-state index contributed by atoms with van der Waals surface area (Å²) in [5.74, 6) is -1.03. The minimum absolute atomic E-state index is 0.0590. The molecule has 0 radical (unpaired) electrons. The molecular formula is C29H33BrF4N6O3Si. The zero-order valence-electron chi connectivity index (χ0n) is 24.7. The number of aromatic nitrogens is 5. The highest BCUT2D eigenvalue weighted by Gasteiger charge is 2.31. The molecule has 1 unspecified atom stereocenters. The maximum atomic E-state index is 14.9. The Bertz CT molecular complexity index is 1740. The molecule has 15 heteroatoms. The van der Waals surface area contributed by atoms with Gasteiger partial charge in [-0.2, -0.15) is 18.3 Å². The molecule has 4 rings (SSSR count). The van der Waals surface area contributed by atoms with Crippen LogP contribution in [-0.4, -0.2) is 45.0 Å². The van der Waals surface area contributed by atoms with Gasteiger partial charge in [0.05, 0.1) is 28.4 Å². The number of aryl methyl sites for hydroxylation is 1. The van der Waals surface area contributed by atoms with Gasteiger partial charge in [0.2, 0.25) is 0 Å². The second-order valence-corrected chi connectivity index (χ2v) is 18.2. The number of hydrogen-bond acceptors (Lipinski definition) is 7. The molecule has 0 aliphatic carbocycles. The lowest BCUT2D eigenvalue weighted by Gasteiger charge is -2.18. The predicted molar refractivity (Wildman–Crippen MR) is 167 cm³/mol. The van der Waals surface area contributed by atoms with E-state index in [0.29, 0.717) is 53.9 Å². The van der Waals surface area contributed by atoms with Crippen molar-refractivity contribution in [3.05, 3.63) is 79.5 Å². The first kappa shape index (κ1) is 33.5. The highest BCUT2D eigenvalue weighted by Crippen LogP contribution is 2.30. The molecule has 0 aliphatic heterocycles. The van der Waals surface area contributed by atoms with Crippen LogP contribution in [0.25, 0.3) is 22.2 Å². The minimum atomic E-state index is -4.61. The summed E-state index contributed by atoms with van der Waals surface area (Å²) in [7, 11) is -1.23. The fourth-order valence-electron chi connectivity index (χ4n) is 4.36. The van der Waals surface area contributed by atoms with Gasteiger partial charge in [0.1, 0.15) is 17.0 Å². The van der Waals surface area contributed by atoms with Crippen molar-refractivity contribution < 1.29 is 22.3 Å². The van der Waals surface area contributed by atoms with Crippen molar-refractivity contribution in [2.45, 2.75) is 70.9 Å². The Morgan fingerprint density at radius 3 is 2.45 bits per heavy atom. The van der Waals surface area contributed by atoms with Gasteiger partial charge in [-0.15, -0.1) is 0 Å². The number of halogens is 5. The Morgan fingerprint density at radius 2 is 1.80 bits per heavy atom. The van der Waals surface area contributed by atoms with Gasteiger partial charge in [-0.3, -0.25) is 9.59 Å². The van der Waals surface area contributed by atoms with Crippen LogP contribution in [0.3, 0.4) is 0 Å². The Balaban J connectivity index is 1.36. The number of alkyl halides is 3. The lowest BCUT2D eigenvalue weighted by Crippen LogP contribution is -2.28. The van der Waals surface area contributed by atoms with Gasteiger partial charge in [0.15, 0.2) is 5.82 Å². The first-order chi connectivity index (χ1) is 20.6. The molecule has 0 aliphatic rings. The number of pyridine rings is 1. The average molecular weight is 698 g/mol. The number of rotatable bonds is 12. The summed E-state index contributed by atoms with van der Waals surface area (Å²) >= 11 is 3.36. The molecule has 236 valence electrons. The third kappa shape index (κ3) is 8.39. The van der Waals surface area contributed by atoms with E-state index < -0.39 is 31.2 Å².